The van der Waals surface area contributed by atoms with Gasteiger partial charge >= 0.3 is 0 Å². The molecule has 0 aliphatic heterocycles. The molecule has 27 heavy (non-hydrogen) atoms. The molecule has 2 rings (SSSR count). The van der Waals surface area contributed by atoms with Gasteiger partial charge in [-0.05, 0) is 60.7 Å². The molecule has 5 nitrogen and oxygen atoms in total. The summed E-state index contributed by atoms with van der Waals surface area (Å²) in [4.78, 5) is 2.31. The minimum atomic E-state index is -3.49. The van der Waals surface area contributed by atoms with E-state index in [1.807, 2.05) is 14.1 Å². The summed E-state index contributed by atoms with van der Waals surface area (Å²) in [6.45, 7) is 5.15. The first-order chi connectivity index (χ1) is 12.8. The summed E-state index contributed by atoms with van der Waals surface area (Å²) in [6, 6.07) is 14.9. The molecule has 0 saturated heterocycles. The van der Waals surface area contributed by atoms with Gasteiger partial charge < -0.3 is 9.64 Å². The van der Waals surface area contributed by atoms with Gasteiger partial charge in [0.1, 0.15) is 5.75 Å². The molecule has 0 bridgehead atoms. The average molecular weight is 391 g/mol. The molecule has 0 heterocycles. The number of nitrogens with one attached hydrogen (secondary N) is 1. The van der Waals surface area contributed by atoms with Gasteiger partial charge in [0.2, 0.25) is 10.0 Å². The second-order valence-electron chi connectivity index (χ2n) is 7.24. The van der Waals surface area contributed by atoms with Crippen molar-refractivity contribution in [2.45, 2.75) is 31.6 Å². The topological polar surface area (TPSA) is 58.6 Å². The van der Waals surface area contributed by atoms with Crippen LogP contribution in [0.3, 0.4) is 0 Å². The zero-order valence-electron chi connectivity index (χ0n) is 16.6. The largest absolute Gasteiger partial charge is 0.493 e. The minimum Gasteiger partial charge on any atom is -0.493 e. The molecule has 0 aliphatic rings. The lowest BCUT2D eigenvalue weighted by atomic mass is 10.1. The van der Waals surface area contributed by atoms with Gasteiger partial charge in [0.25, 0.3) is 0 Å². The summed E-state index contributed by atoms with van der Waals surface area (Å²) in [7, 11) is 0.521. The highest BCUT2D eigenvalue weighted by Crippen LogP contribution is 2.17. The number of nitrogens with zero attached hydrogens (tertiary/aromatic N) is 1. The van der Waals surface area contributed by atoms with E-state index in [-0.39, 0.29) is 4.90 Å². The first-order valence-electron chi connectivity index (χ1n) is 9.27. The fourth-order valence-corrected chi connectivity index (χ4v) is 3.60. The van der Waals surface area contributed by atoms with Crippen molar-refractivity contribution < 1.29 is 13.2 Å². The molecular weight excluding hydrogens is 360 g/mol. The highest BCUT2D eigenvalue weighted by atomic mass is 32.2. The predicted molar refractivity (Wildman–Crippen MR) is 111 cm³/mol. The van der Waals surface area contributed by atoms with Crippen LogP contribution in [-0.4, -0.2) is 35.7 Å². The molecule has 0 amide bonds. The van der Waals surface area contributed by atoms with Crippen LogP contribution in [0, 0.1) is 5.92 Å². The summed E-state index contributed by atoms with van der Waals surface area (Å²) in [5.41, 5.74) is 2.35. The van der Waals surface area contributed by atoms with Crippen LogP contribution < -0.4 is 14.4 Å². The Morgan fingerprint density at radius 1 is 1.00 bits per heavy atom. The van der Waals surface area contributed by atoms with Crippen LogP contribution in [0.5, 0.6) is 5.75 Å². The molecule has 1 N–H and O–H groups in total. The number of hydrogen-bond acceptors (Lipinski definition) is 4. The maximum Gasteiger partial charge on any atom is 0.240 e. The van der Waals surface area contributed by atoms with E-state index < -0.39 is 10.0 Å². The molecule has 148 valence electrons. The fourth-order valence-electron chi connectivity index (χ4n) is 2.52. The Morgan fingerprint density at radius 2 is 1.63 bits per heavy atom. The van der Waals surface area contributed by atoms with Crippen LogP contribution in [0.25, 0.3) is 0 Å². The summed E-state index contributed by atoms with van der Waals surface area (Å²) in [6.07, 6.45) is 1.58. The lowest BCUT2D eigenvalue weighted by Crippen LogP contribution is -2.25. The summed E-state index contributed by atoms with van der Waals surface area (Å²) < 4.78 is 33.0. The van der Waals surface area contributed by atoms with Crippen molar-refractivity contribution in [3.63, 3.8) is 0 Å². The predicted octanol–water partition coefficient (Wildman–Crippen LogP) is 3.70. The normalized spacial score (nSPS) is 11.6. The van der Waals surface area contributed by atoms with Crippen molar-refractivity contribution in [3.8, 4) is 5.75 Å². The van der Waals surface area contributed by atoms with Crippen LogP contribution in [0.1, 0.15) is 25.8 Å². The molecule has 0 spiro atoms. The van der Waals surface area contributed by atoms with E-state index in [4.69, 9.17) is 4.74 Å². The lowest BCUT2D eigenvalue weighted by Gasteiger charge is -2.13. The first-order valence-corrected chi connectivity index (χ1v) is 10.7. The van der Waals surface area contributed by atoms with Gasteiger partial charge in [0, 0.05) is 26.3 Å². The molecule has 2 aromatic rings. The minimum absolute atomic E-state index is 0.259. The van der Waals surface area contributed by atoms with E-state index in [1.54, 1.807) is 24.3 Å². The standard InChI is InChI=1S/C21H30N2O3S/c1-17(2)16-26-20-11-13-21(14-12-20)27(24,25)22-15-5-6-18-7-9-19(10-8-18)23(3)4/h7-14,17,22H,5-6,15-16H2,1-4H3. The van der Waals surface area contributed by atoms with E-state index >= 15 is 0 Å². The van der Waals surface area contributed by atoms with E-state index in [9.17, 15) is 8.42 Å². The molecule has 0 radical (unpaired) electrons. The molecule has 2 aromatic carbocycles. The third-order valence-corrected chi connectivity index (χ3v) is 5.58. The third kappa shape index (κ3) is 6.88. The maximum absolute atomic E-state index is 12.4. The molecule has 0 fully saturated rings. The van der Waals surface area contributed by atoms with Gasteiger partial charge in [-0.3, -0.25) is 0 Å². The summed E-state index contributed by atoms with van der Waals surface area (Å²) in [5.74, 6) is 1.11. The smallest absolute Gasteiger partial charge is 0.240 e. The van der Waals surface area contributed by atoms with E-state index in [1.165, 1.54) is 5.56 Å². The monoisotopic (exact) mass is 390 g/mol. The van der Waals surface area contributed by atoms with Crippen molar-refractivity contribution in [3.05, 3.63) is 54.1 Å². The maximum atomic E-state index is 12.4. The van der Waals surface area contributed by atoms with Gasteiger partial charge in [0.15, 0.2) is 0 Å². The Morgan fingerprint density at radius 3 is 2.19 bits per heavy atom. The lowest BCUT2D eigenvalue weighted by molar-refractivity contribution is 0.271. The van der Waals surface area contributed by atoms with Crippen molar-refractivity contribution in [2.75, 3.05) is 32.1 Å². The second-order valence-corrected chi connectivity index (χ2v) is 9.01. The van der Waals surface area contributed by atoms with E-state index in [2.05, 4.69) is 47.7 Å². The van der Waals surface area contributed by atoms with Gasteiger partial charge in [0.05, 0.1) is 11.5 Å². The SMILES string of the molecule is CC(C)COc1ccc(S(=O)(=O)NCCCc2ccc(N(C)C)cc2)cc1. The number of ether oxygens (including phenoxy) is 1. The Hall–Kier alpha value is -2.05. The highest BCUT2D eigenvalue weighted by Gasteiger charge is 2.13. The van der Waals surface area contributed by atoms with Crippen molar-refractivity contribution >= 4 is 15.7 Å². The number of aryl methyl sites for hydroxylation is 1. The molecule has 6 heteroatoms. The molecular formula is C21H30N2O3S. The van der Waals surface area contributed by atoms with Crippen molar-refractivity contribution in [2.24, 2.45) is 5.92 Å². The van der Waals surface area contributed by atoms with Crippen LogP contribution in [0.15, 0.2) is 53.4 Å². The number of hydrogen-bond donors (Lipinski definition) is 1. The zero-order valence-corrected chi connectivity index (χ0v) is 17.4. The van der Waals surface area contributed by atoms with Crippen LogP contribution in [0.4, 0.5) is 5.69 Å². The molecule has 0 unspecified atom stereocenters. The van der Waals surface area contributed by atoms with Crippen LogP contribution >= 0.6 is 0 Å². The van der Waals surface area contributed by atoms with Gasteiger partial charge in [-0.2, -0.15) is 0 Å². The Kier molecular flexibility index (Phi) is 7.68. The van der Waals surface area contributed by atoms with Gasteiger partial charge in [-0.1, -0.05) is 26.0 Å². The van der Waals surface area contributed by atoms with Gasteiger partial charge in [-0.15, -0.1) is 0 Å². The van der Waals surface area contributed by atoms with Crippen molar-refractivity contribution in [1.29, 1.82) is 0 Å². The van der Waals surface area contributed by atoms with E-state index in [0.717, 1.165) is 18.5 Å². The van der Waals surface area contributed by atoms with Crippen molar-refractivity contribution in [1.82, 2.24) is 4.72 Å². The quantitative estimate of drug-likeness (QED) is 0.629. The van der Waals surface area contributed by atoms with Crippen LogP contribution in [0.2, 0.25) is 0 Å². The molecule has 0 saturated carbocycles. The third-order valence-electron chi connectivity index (χ3n) is 4.10. The number of benzene rings is 2. The number of anilines is 1. The highest BCUT2D eigenvalue weighted by molar-refractivity contribution is 7.89. The Labute approximate surface area is 163 Å². The molecule has 0 aliphatic carbocycles. The number of sulfonamides is 1. The molecule has 0 atom stereocenters. The fraction of sp³-hybridized carbons (Fsp3) is 0.429. The Bertz CT molecular complexity index is 798. The van der Waals surface area contributed by atoms with Crippen LogP contribution in [-0.2, 0) is 16.4 Å². The van der Waals surface area contributed by atoms with Gasteiger partial charge in [-0.25, -0.2) is 13.1 Å². The molecule has 0 aromatic heterocycles. The average Bonchev–Trinajstić information content (AvgIpc) is 2.64. The second kappa shape index (κ2) is 9.76. The zero-order chi connectivity index (χ0) is 19.9. The first kappa shape index (κ1) is 21.3. The van der Waals surface area contributed by atoms with E-state index in [0.29, 0.717) is 24.8 Å². The number of rotatable bonds is 10. The summed E-state index contributed by atoms with van der Waals surface area (Å²) >= 11 is 0. The summed E-state index contributed by atoms with van der Waals surface area (Å²) in [5, 5.41) is 0. The Balaban J connectivity index is 1.82.